The maximum atomic E-state index is 12.7. The summed E-state index contributed by atoms with van der Waals surface area (Å²) in [7, 11) is -2.01. The van der Waals surface area contributed by atoms with Crippen molar-refractivity contribution in [2.24, 2.45) is 0 Å². The minimum atomic E-state index is -4.04. The first-order valence-electron chi connectivity index (χ1n) is 10.6. The summed E-state index contributed by atoms with van der Waals surface area (Å²) < 4.78 is 29.3. The molecule has 1 unspecified atom stereocenters. The molecule has 2 amide bonds. The number of aromatic nitrogens is 2. The summed E-state index contributed by atoms with van der Waals surface area (Å²) in [6.07, 6.45) is 8.62. The van der Waals surface area contributed by atoms with Gasteiger partial charge in [-0.15, -0.1) is 0 Å². The highest BCUT2D eigenvalue weighted by Crippen LogP contribution is 2.38. The average molecular weight is 430 g/mol. The molecule has 9 heteroatoms. The molecule has 0 radical (unpaired) electrons. The fraction of sp³-hybridized carbons (Fsp3) is 0.524. The van der Waals surface area contributed by atoms with Crippen LogP contribution in [0.3, 0.4) is 0 Å². The third-order valence-corrected chi connectivity index (χ3v) is 7.76. The molecule has 1 saturated heterocycles. The summed E-state index contributed by atoms with van der Waals surface area (Å²) in [4.78, 5) is 14.8. The highest BCUT2D eigenvalue weighted by Gasteiger charge is 2.28. The van der Waals surface area contributed by atoms with Crippen LogP contribution in [-0.2, 0) is 35.7 Å². The van der Waals surface area contributed by atoms with Gasteiger partial charge in [0.05, 0.1) is 6.04 Å². The van der Waals surface area contributed by atoms with Crippen LogP contribution >= 0.6 is 0 Å². The Hall–Kier alpha value is -2.39. The first-order valence-corrected chi connectivity index (χ1v) is 12.1. The second-order valence-corrected chi connectivity index (χ2v) is 10.3. The van der Waals surface area contributed by atoms with E-state index in [9.17, 15) is 13.2 Å². The van der Waals surface area contributed by atoms with Gasteiger partial charge in [-0.05, 0) is 86.9 Å². The molecule has 160 valence electrons. The topological polar surface area (TPSA) is 96.3 Å². The normalized spacial score (nSPS) is 20.9. The van der Waals surface area contributed by atoms with Gasteiger partial charge >= 0.3 is 6.03 Å². The van der Waals surface area contributed by atoms with E-state index in [1.807, 2.05) is 7.05 Å². The van der Waals surface area contributed by atoms with Gasteiger partial charge in [-0.25, -0.2) is 9.52 Å². The zero-order chi connectivity index (χ0) is 20.9. The molecule has 2 aromatic rings. The van der Waals surface area contributed by atoms with Gasteiger partial charge in [-0.1, -0.05) is 6.07 Å². The van der Waals surface area contributed by atoms with E-state index in [1.54, 1.807) is 10.9 Å². The monoisotopic (exact) mass is 429 g/mol. The molecule has 2 N–H and O–H groups in total. The zero-order valence-electron chi connectivity index (χ0n) is 17.1. The van der Waals surface area contributed by atoms with Crippen molar-refractivity contribution in [2.45, 2.75) is 56.0 Å². The van der Waals surface area contributed by atoms with Gasteiger partial charge in [0.15, 0.2) is 5.03 Å². The minimum Gasteiger partial charge on any atom is -0.307 e. The summed E-state index contributed by atoms with van der Waals surface area (Å²) >= 11 is 0. The maximum absolute atomic E-state index is 12.7. The third kappa shape index (κ3) is 3.50. The lowest BCUT2D eigenvalue weighted by Crippen LogP contribution is -2.35. The summed E-state index contributed by atoms with van der Waals surface area (Å²) in [6, 6.07) is 3.16. The number of hydrogen-bond acceptors (Lipinski definition) is 5. The van der Waals surface area contributed by atoms with Gasteiger partial charge < -0.3 is 10.2 Å². The third-order valence-electron chi connectivity index (χ3n) is 6.54. The lowest BCUT2D eigenvalue weighted by atomic mass is 9.99. The standard InChI is InChI=1S/C21H27N5O3S/c1-25-10-8-16(13-25)26-11-9-19(23-26)30(28,29)24-21(27)22-20-17-6-2-4-14(17)12-15-5-3-7-18(15)20/h9,11-12,16H,2-8,10,13H2,1H3,(H2,22,24,27). The Morgan fingerprint density at radius 1 is 1.13 bits per heavy atom. The first kappa shape index (κ1) is 19.6. The Balaban J connectivity index is 1.33. The van der Waals surface area contributed by atoms with Crippen molar-refractivity contribution >= 4 is 21.7 Å². The van der Waals surface area contributed by atoms with Gasteiger partial charge in [0.1, 0.15) is 0 Å². The van der Waals surface area contributed by atoms with Crippen molar-refractivity contribution in [3.8, 4) is 0 Å². The van der Waals surface area contributed by atoms with Gasteiger partial charge in [-0.3, -0.25) is 4.68 Å². The van der Waals surface area contributed by atoms with E-state index < -0.39 is 16.1 Å². The molecule has 0 bridgehead atoms. The fourth-order valence-electron chi connectivity index (χ4n) is 5.08. The molecule has 1 atom stereocenters. The second-order valence-electron chi connectivity index (χ2n) is 8.63. The molecule has 30 heavy (non-hydrogen) atoms. The first-order chi connectivity index (χ1) is 14.4. The van der Waals surface area contributed by atoms with E-state index in [-0.39, 0.29) is 11.1 Å². The Labute approximate surface area is 176 Å². The van der Waals surface area contributed by atoms with Gasteiger partial charge in [-0.2, -0.15) is 13.5 Å². The summed E-state index contributed by atoms with van der Waals surface area (Å²) in [5.41, 5.74) is 5.73. The summed E-state index contributed by atoms with van der Waals surface area (Å²) in [6.45, 7) is 1.79. The van der Waals surface area contributed by atoms with Crippen LogP contribution in [-0.4, -0.2) is 49.3 Å². The lowest BCUT2D eigenvalue weighted by Gasteiger charge is -2.16. The van der Waals surface area contributed by atoms with E-state index in [4.69, 9.17) is 0 Å². The molecule has 1 fully saturated rings. The van der Waals surface area contributed by atoms with E-state index in [0.717, 1.165) is 74.8 Å². The molecule has 5 rings (SSSR count). The molecule has 1 aromatic heterocycles. The van der Waals surface area contributed by atoms with Gasteiger partial charge in [0.2, 0.25) is 0 Å². The molecule has 1 aromatic carbocycles. The molecule has 1 aliphatic heterocycles. The Kier molecular flexibility index (Phi) is 4.82. The van der Waals surface area contributed by atoms with Crippen LogP contribution in [0.1, 0.15) is 47.6 Å². The number of amides is 2. The number of carbonyl (C=O) groups is 1. The molecule has 2 heterocycles. The molecular weight excluding hydrogens is 402 g/mol. The number of rotatable bonds is 4. The van der Waals surface area contributed by atoms with Crippen molar-refractivity contribution in [1.82, 2.24) is 19.4 Å². The molecule has 0 spiro atoms. The van der Waals surface area contributed by atoms with Crippen molar-refractivity contribution in [1.29, 1.82) is 0 Å². The van der Waals surface area contributed by atoms with Crippen LogP contribution in [0.5, 0.6) is 0 Å². The van der Waals surface area contributed by atoms with E-state index in [1.165, 1.54) is 17.2 Å². The Morgan fingerprint density at radius 2 is 1.83 bits per heavy atom. The maximum Gasteiger partial charge on any atom is 0.333 e. The SMILES string of the molecule is CN1CCC(n2ccc(S(=O)(=O)NC(=O)Nc3c4c(cc5c3CCC5)CCC4)n2)C1. The number of sulfonamides is 1. The van der Waals surface area contributed by atoms with Crippen molar-refractivity contribution in [3.63, 3.8) is 0 Å². The number of likely N-dealkylation sites (tertiary alicyclic amines) is 1. The van der Waals surface area contributed by atoms with Crippen LogP contribution in [0.4, 0.5) is 10.5 Å². The highest BCUT2D eigenvalue weighted by molar-refractivity contribution is 7.90. The number of likely N-dealkylation sites (N-methyl/N-ethyl adjacent to an activating group) is 1. The van der Waals surface area contributed by atoms with Gasteiger partial charge in [0.25, 0.3) is 10.0 Å². The van der Waals surface area contributed by atoms with E-state index >= 15 is 0 Å². The Bertz CT molecular complexity index is 1080. The molecular formula is C21H27N5O3S. The number of nitrogens with zero attached hydrogens (tertiary/aromatic N) is 3. The number of nitrogens with one attached hydrogen (secondary N) is 2. The minimum absolute atomic E-state index is 0.129. The van der Waals surface area contributed by atoms with Crippen LogP contribution in [0.25, 0.3) is 0 Å². The van der Waals surface area contributed by atoms with Gasteiger partial charge in [0, 0.05) is 18.4 Å². The number of fused-ring (bicyclic) bond motifs is 2. The van der Waals surface area contributed by atoms with Crippen LogP contribution in [0.15, 0.2) is 23.4 Å². The number of anilines is 1. The predicted molar refractivity (Wildman–Crippen MR) is 113 cm³/mol. The number of aryl methyl sites for hydroxylation is 2. The lowest BCUT2D eigenvalue weighted by molar-refractivity contribution is 0.256. The van der Waals surface area contributed by atoms with Crippen molar-refractivity contribution in [3.05, 3.63) is 40.6 Å². The summed E-state index contributed by atoms with van der Waals surface area (Å²) in [5, 5.41) is 6.97. The number of hydrogen-bond donors (Lipinski definition) is 2. The number of carbonyl (C=O) groups excluding carboxylic acids is 1. The molecule has 8 nitrogen and oxygen atoms in total. The van der Waals surface area contributed by atoms with Crippen molar-refractivity contribution < 1.29 is 13.2 Å². The van der Waals surface area contributed by atoms with Crippen LogP contribution in [0.2, 0.25) is 0 Å². The highest BCUT2D eigenvalue weighted by atomic mass is 32.2. The predicted octanol–water partition coefficient (Wildman–Crippen LogP) is 2.25. The fourth-order valence-corrected chi connectivity index (χ4v) is 5.92. The Morgan fingerprint density at radius 3 is 2.47 bits per heavy atom. The van der Waals surface area contributed by atoms with E-state index in [2.05, 4.69) is 26.1 Å². The van der Waals surface area contributed by atoms with E-state index in [0.29, 0.717) is 0 Å². The summed E-state index contributed by atoms with van der Waals surface area (Å²) in [5.74, 6) is 0. The zero-order valence-corrected chi connectivity index (χ0v) is 18.0. The smallest absolute Gasteiger partial charge is 0.307 e. The van der Waals surface area contributed by atoms with Crippen molar-refractivity contribution in [2.75, 3.05) is 25.5 Å². The largest absolute Gasteiger partial charge is 0.333 e. The average Bonchev–Trinajstić information content (AvgIpc) is 3.47. The molecule has 3 aliphatic rings. The number of urea groups is 1. The quantitative estimate of drug-likeness (QED) is 0.777. The molecule has 2 aliphatic carbocycles. The molecule has 0 saturated carbocycles. The number of benzene rings is 1. The van der Waals surface area contributed by atoms with Crippen LogP contribution < -0.4 is 10.0 Å². The second kappa shape index (κ2) is 7.39. The van der Waals surface area contributed by atoms with Crippen LogP contribution in [0, 0.1) is 0 Å².